The summed E-state index contributed by atoms with van der Waals surface area (Å²) in [4.78, 5) is 3.96. The molecule has 11 heavy (non-hydrogen) atoms. The second-order valence-electron chi connectivity index (χ2n) is 2.02. The predicted octanol–water partition coefficient (Wildman–Crippen LogP) is -0.00880. The fourth-order valence-electron chi connectivity index (χ4n) is 0.667. The molecule has 1 aromatic heterocycles. The highest BCUT2D eigenvalue weighted by Gasteiger charge is 2.00. The lowest BCUT2D eigenvalue weighted by Gasteiger charge is -1.89. The van der Waals surface area contributed by atoms with Crippen molar-refractivity contribution in [3.05, 3.63) is 11.7 Å². The van der Waals surface area contributed by atoms with Gasteiger partial charge in [0.2, 0.25) is 5.89 Å². The smallest absolute Gasteiger partial charge is 0.228 e. The zero-order chi connectivity index (χ0) is 8.10. The first kappa shape index (κ1) is 7.54. The van der Waals surface area contributed by atoms with Crippen LogP contribution < -0.4 is 5.32 Å². The Labute approximate surface area is 64.0 Å². The highest BCUT2D eigenvalue weighted by molar-refractivity contribution is 4.84. The highest BCUT2D eigenvalue weighted by Crippen LogP contribution is 1.94. The van der Waals surface area contributed by atoms with E-state index >= 15 is 0 Å². The molecule has 0 aliphatic carbocycles. The van der Waals surface area contributed by atoms with Gasteiger partial charge in [0, 0.05) is 13.0 Å². The standard InChI is InChI=1S/C6H8N4O/c1-5-9-6(11-10-5)2-3-8-4-7/h8H,2-3H2,1H3. The number of hydrogen-bond acceptors (Lipinski definition) is 5. The van der Waals surface area contributed by atoms with Crippen LogP contribution in [-0.2, 0) is 6.42 Å². The van der Waals surface area contributed by atoms with Gasteiger partial charge in [0.15, 0.2) is 12.0 Å². The van der Waals surface area contributed by atoms with Crippen molar-refractivity contribution in [3.63, 3.8) is 0 Å². The number of aromatic nitrogens is 2. The topological polar surface area (TPSA) is 74.7 Å². The van der Waals surface area contributed by atoms with Gasteiger partial charge in [0.25, 0.3) is 0 Å². The summed E-state index contributed by atoms with van der Waals surface area (Å²) in [6.45, 7) is 2.29. The molecule has 0 saturated carbocycles. The molecule has 1 rings (SSSR count). The Balaban J connectivity index is 2.34. The van der Waals surface area contributed by atoms with E-state index in [9.17, 15) is 0 Å². The monoisotopic (exact) mass is 152 g/mol. The van der Waals surface area contributed by atoms with Crippen LogP contribution in [0.3, 0.4) is 0 Å². The van der Waals surface area contributed by atoms with Crippen LogP contribution in [-0.4, -0.2) is 16.7 Å². The zero-order valence-corrected chi connectivity index (χ0v) is 6.16. The van der Waals surface area contributed by atoms with Gasteiger partial charge in [-0.25, -0.2) is 0 Å². The minimum absolute atomic E-state index is 0.540. The number of rotatable bonds is 3. The maximum absolute atomic E-state index is 8.12. The number of nitrogens with one attached hydrogen (secondary N) is 1. The molecule has 5 nitrogen and oxygen atoms in total. The molecule has 0 spiro atoms. The predicted molar refractivity (Wildman–Crippen MR) is 36.4 cm³/mol. The molecule has 0 saturated heterocycles. The number of nitrogens with zero attached hydrogens (tertiary/aromatic N) is 3. The second kappa shape index (κ2) is 3.56. The third-order valence-electron chi connectivity index (χ3n) is 1.11. The molecule has 0 aliphatic heterocycles. The first-order valence-electron chi connectivity index (χ1n) is 3.24. The van der Waals surface area contributed by atoms with Crippen LogP contribution in [0.1, 0.15) is 11.7 Å². The maximum Gasteiger partial charge on any atom is 0.228 e. The molecular formula is C6H8N4O. The van der Waals surface area contributed by atoms with Crippen molar-refractivity contribution in [1.82, 2.24) is 15.5 Å². The third kappa shape index (κ3) is 2.26. The fraction of sp³-hybridized carbons (Fsp3) is 0.500. The van der Waals surface area contributed by atoms with Gasteiger partial charge in [-0.05, 0) is 6.92 Å². The van der Waals surface area contributed by atoms with Gasteiger partial charge < -0.3 is 9.84 Å². The molecule has 1 N–H and O–H groups in total. The first-order chi connectivity index (χ1) is 5.33. The highest BCUT2D eigenvalue weighted by atomic mass is 16.5. The first-order valence-corrected chi connectivity index (χ1v) is 3.24. The van der Waals surface area contributed by atoms with E-state index in [1.54, 1.807) is 13.1 Å². The van der Waals surface area contributed by atoms with Gasteiger partial charge in [0.05, 0.1) is 0 Å². The van der Waals surface area contributed by atoms with Gasteiger partial charge in [0.1, 0.15) is 0 Å². The molecule has 0 aromatic carbocycles. The van der Waals surface area contributed by atoms with Crippen molar-refractivity contribution < 1.29 is 4.52 Å². The quantitative estimate of drug-likeness (QED) is 0.374. The largest absolute Gasteiger partial charge is 0.339 e. The van der Waals surface area contributed by atoms with Crippen LogP contribution in [0.5, 0.6) is 0 Å². The average Bonchev–Trinajstić information content (AvgIpc) is 2.37. The Hall–Kier alpha value is -1.57. The molecule has 5 heteroatoms. The summed E-state index contributed by atoms with van der Waals surface area (Å²) in [6, 6.07) is 0. The van der Waals surface area contributed by atoms with Crippen molar-refractivity contribution in [2.24, 2.45) is 0 Å². The Bertz CT molecular complexity index is 262. The van der Waals surface area contributed by atoms with Gasteiger partial charge in [-0.2, -0.15) is 10.2 Å². The van der Waals surface area contributed by atoms with Crippen molar-refractivity contribution in [1.29, 1.82) is 5.26 Å². The lowest BCUT2D eigenvalue weighted by molar-refractivity contribution is 0.374. The van der Waals surface area contributed by atoms with Crippen molar-refractivity contribution in [2.45, 2.75) is 13.3 Å². The number of hydrogen-bond donors (Lipinski definition) is 1. The Morgan fingerprint density at radius 3 is 3.09 bits per heavy atom. The summed E-state index contributed by atoms with van der Waals surface area (Å²) in [7, 11) is 0. The van der Waals surface area contributed by atoms with Crippen LogP contribution in [0.4, 0.5) is 0 Å². The molecule has 0 atom stereocenters. The van der Waals surface area contributed by atoms with E-state index in [-0.39, 0.29) is 0 Å². The van der Waals surface area contributed by atoms with Crippen LogP contribution >= 0.6 is 0 Å². The van der Waals surface area contributed by atoms with E-state index in [0.29, 0.717) is 24.7 Å². The van der Waals surface area contributed by atoms with E-state index < -0.39 is 0 Å². The van der Waals surface area contributed by atoms with Crippen molar-refractivity contribution in [3.8, 4) is 6.19 Å². The lowest BCUT2D eigenvalue weighted by atomic mass is 10.4. The average molecular weight is 152 g/mol. The number of aryl methyl sites for hydroxylation is 1. The van der Waals surface area contributed by atoms with Crippen LogP contribution in [0.25, 0.3) is 0 Å². The van der Waals surface area contributed by atoms with E-state index in [1.807, 2.05) is 0 Å². The molecule has 0 unspecified atom stereocenters. The SMILES string of the molecule is Cc1noc(CCNC#N)n1. The molecule has 1 heterocycles. The van der Waals surface area contributed by atoms with Crippen molar-refractivity contribution >= 4 is 0 Å². The Morgan fingerprint density at radius 1 is 1.73 bits per heavy atom. The zero-order valence-electron chi connectivity index (χ0n) is 6.16. The molecule has 58 valence electrons. The molecule has 0 fully saturated rings. The van der Waals surface area contributed by atoms with Crippen LogP contribution in [0.15, 0.2) is 4.52 Å². The van der Waals surface area contributed by atoms with Gasteiger partial charge in [-0.15, -0.1) is 0 Å². The molecule has 0 bridgehead atoms. The van der Waals surface area contributed by atoms with Crippen LogP contribution in [0, 0.1) is 18.4 Å². The third-order valence-corrected chi connectivity index (χ3v) is 1.11. The number of nitriles is 1. The lowest BCUT2D eigenvalue weighted by Crippen LogP contribution is -2.09. The van der Waals surface area contributed by atoms with E-state index in [2.05, 4.69) is 15.5 Å². The summed E-state index contributed by atoms with van der Waals surface area (Å²) in [5.74, 6) is 1.18. The summed E-state index contributed by atoms with van der Waals surface area (Å²) in [5, 5.41) is 14.2. The summed E-state index contributed by atoms with van der Waals surface area (Å²) < 4.78 is 4.80. The minimum atomic E-state index is 0.540. The fourth-order valence-corrected chi connectivity index (χ4v) is 0.667. The summed E-state index contributed by atoms with van der Waals surface area (Å²) in [6.07, 6.45) is 2.40. The Morgan fingerprint density at radius 2 is 2.55 bits per heavy atom. The van der Waals surface area contributed by atoms with Crippen molar-refractivity contribution in [2.75, 3.05) is 6.54 Å². The minimum Gasteiger partial charge on any atom is -0.339 e. The van der Waals surface area contributed by atoms with Crippen LogP contribution in [0.2, 0.25) is 0 Å². The molecule has 0 amide bonds. The molecule has 0 aliphatic rings. The summed E-state index contributed by atoms with van der Waals surface area (Å²) in [5.41, 5.74) is 0. The van der Waals surface area contributed by atoms with Gasteiger partial charge in [-0.1, -0.05) is 5.16 Å². The van der Waals surface area contributed by atoms with Gasteiger partial charge in [-0.3, -0.25) is 0 Å². The normalized spacial score (nSPS) is 9.09. The van der Waals surface area contributed by atoms with Gasteiger partial charge >= 0.3 is 0 Å². The second-order valence-corrected chi connectivity index (χ2v) is 2.02. The molecular weight excluding hydrogens is 144 g/mol. The van der Waals surface area contributed by atoms with E-state index in [0.717, 1.165) is 0 Å². The Kier molecular flexibility index (Phi) is 2.44. The maximum atomic E-state index is 8.12. The summed E-state index contributed by atoms with van der Waals surface area (Å²) >= 11 is 0. The molecule has 0 radical (unpaired) electrons. The molecule has 1 aromatic rings. The van der Waals surface area contributed by atoms with E-state index in [1.165, 1.54) is 0 Å². The van der Waals surface area contributed by atoms with E-state index in [4.69, 9.17) is 9.78 Å².